The summed E-state index contributed by atoms with van der Waals surface area (Å²) >= 11 is 3.53. The molecule has 21 heavy (non-hydrogen) atoms. The molecule has 5 heteroatoms. The number of rotatable bonds is 4. The van der Waals surface area contributed by atoms with Gasteiger partial charge in [0.2, 0.25) is 5.91 Å². The number of benzene rings is 1. The molecule has 2 heterocycles. The molecule has 1 aromatic carbocycles. The highest BCUT2D eigenvalue weighted by Crippen LogP contribution is 2.36. The predicted octanol–water partition coefficient (Wildman–Crippen LogP) is 2.91. The van der Waals surface area contributed by atoms with Gasteiger partial charge in [0, 0.05) is 24.1 Å². The number of carbonyl (C=O) groups excluding carboxylic acids is 1. The van der Waals surface area contributed by atoms with Gasteiger partial charge in [0.25, 0.3) is 0 Å². The third-order valence-electron chi connectivity index (χ3n) is 4.16. The second-order valence-electron chi connectivity index (χ2n) is 5.56. The molecule has 0 aromatic heterocycles. The van der Waals surface area contributed by atoms with Crippen molar-refractivity contribution in [3.05, 3.63) is 35.9 Å². The van der Waals surface area contributed by atoms with Gasteiger partial charge in [-0.15, -0.1) is 23.5 Å². The van der Waals surface area contributed by atoms with Gasteiger partial charge in [-0.1, -0.05) is 30.3 Å². The lowest BCUT2D eigenvalue weighted by molar-refractivity contribution is -0.130. The van der Waals surface area contributed by atoms with Crippen LogP contribution in [-0.2, 0) is 4.79 Å². The topological polar surface area (TPSA) is 40.5 Å². The molecule has 0 saturated carbocycles. The quantitative estimate of drug-likeness (QED) is 0.925. The van der Waals surface area contributed by atoms with Crippen LogP contribution in [0.25, 0.3) is 0 Å². The number of thioether (sulfide) groups is 2. The number of nitrogens with zero attached hydrogens (tertiary/aromatic N) is 1. The molecule has 3 nitrogen and oxygen atoms in total. The third-order valence-corrected chi connectivity index (χ3v) is 7.13. The summed E-state index contributed by atoms with van der Waals surface area (Å²) in [6.45, 7) is 0.850. The molecule has 0 unspecified atom stereocenters. The molecule has 1 amide bonds. The summed E-state index contributed by atoms with van der Waals surface area (Å²) in [5.41, 5.74) is 0.946. The molecule has 2 atom stereocenters. The van der Waals surface area contributed by atoms with Crippen molar-refractivity contribution >= 4 is 29.4 Å². The Bertz CT molecular complexity index is 476. The second-order valence-corrected chi connectivity index (χ2v) is 8.29. The van der Waals surface area contributed by atoms with E-state index < -0.39 is 6.10 Å². The Morgan fingerprint density at radius 1 is 1.29 bits per heavy atom. The van der Waals surface area contributed by atoms with Gasteiger partial charge < -0.3 is 10.0 Å². The lowest BCUT2D eigenvalue weighted by Crippen LogP contribution is -2.40. The van der Waals surface area contributed by atoms with Crippen LogP contribution in [0, 0.1) is 0 Å². The molecule has 2 fully saturated rings. The molecular formula is C16H21NO2S2. The summed E-state index contributed by atoms with van der Waals surface area (Å²) in [4.78, 5) is 14.6. The van der Waals surface area contributed by atoms with Crippen molar-refractivity contribution in [2.75, 3.05) is 18.1 Å². The molecule has 0 radical (unpaired) electrons. The first-order valence-electron chi connectivity index (χ1n) is 7.52. The van der Waals surface area contributed by atoms with Crippen molar-refractivity contribution < 1.29 is 9.90 Å². The zero-order valence-corrected chi connectivity index (χ0v) is 13.6. The van der Waals surface area contributed by atoms with Crippen LogP contribution in [0.3, 0.4) is 0 Å². The normalized spacial score (nSPS) is 24.4. The van der Waals surface area contributed by atoms with E-state index in [2.05, 4.69) is 0 Å². The van der Waals surface area contributed by atoms with Crippen molar-refractivity contribution in [3.63, 3.8) is 0 Å². The third kappa shape index (κ3) is 3.58. The number of hydrogen-bond acceptors (Lipinski definition) is 4. The summed E-state index contributed by atoms with van der Waals surface area (Å²) < 4.78 is 0.0828. The van der Waals surface area contributed by atoms with Gasteiger partial charge in [-0.25, -0.2) is 0 Å². The van der Waals surface area contributed by atoms with E-state index in [4.69, 9.17) is 0 Å². The van der Waals surface area contributed by atoms with Gasteiger partial charge in [-0.3, -0.25) is 4.79 Å². The lowest BCUT2D eigenvalue weighted by Gasteiger charge is -2.28. The summed E-state index contributed by atoms with van der Waals surface area (Å²) in [5, 5.41) is 10.4. The first-order chi connectivity index (χ1) is 10.3. The maximum Gasteiger partial charge on any atom is 0.246 e. The van der Waals surface area contributed by atoms with Crippen LogP contribution in [0.2, 0.25) is 0 Å². The first-order valence-corrected chi connectivity index (χ1v) is 9.62. The smallest absolute Gasteiger partial charge is 0.246 e. The number of aliphatic hydroxyl groups is 1. The highest BCUT2D eigenvalue weighted by atomic mass is 32.2. The van der Waals surface area contributed by atoms with E-state index in [0.717, 1.165) is 36.5 Å². The van der Waals surface area contributed by atoms with Crippen molar-refractivity contribution in [1.29, 1.82) is 0 Å². The second kappa shape index (κ2) is 7.07. The minimum atomic E-state index is -0.478. The van der Waals surface area contributed by atoms with Gasteiger partial charge in [-0.05, 0) is 24.8 Å². The Morgan fingerprint density at radius 3 is 2.71 bits per heavy atom. The zero-order chi connectivity index (χ0) is 14.7. The molecular weight excluding hydrogens is 302 g/mol. The molecule has 1 N–H and O–H groups in total. The maximum atomic E-state index is 12.6. The van der Waals surface area contributed by atoms with E-state index in [1.165, 1.54) is 0 Å². The van der Waals surface area contributed by atoms with Crippen LogP contribution in [0.1, 0.15) is 30.9 Å². The number of hydrogen-bond donors (Lipinski definition) is 1. The molecule has 2 aliphatic heterocycles. The van der Waals surface area contributed by atoms with Gasteiger partial charge in [0.1, 0.15) is 4.58 Å². The summed E-state index contributed by atoms with van der Waals surface area (Å²) in [6, 6.07) is 9.94. The van der Waals surface area contributed by atoms with E-state index in [0.29, 0.717) is 6.42 Å². The number of carbonyl (C=O) groups is 1. The standard InChI is InChI=1S/C16H21NO2S2/c18-14(12-5-2-1-3-6-12)11-13-7-4-8-17(13)15(19)16-20-9-10-21-16/h1-3,5-6,13-14,16,18H,4,7-11H2/t13-,14-/m0/s1. The lowest BCUT2D eigenvalue weighted by atomic mass is 10.0. The fourth-order valence-corrected chi connectivity index (χ4v) is 5.79. The zero-order valence-electron chi connectivity index (χ0n) is 12.0. The fraction of sp³-hybridized carbons (Fsp3) is 0.562. The van der Waals surface area contributed by atoms with Crippen LogP contribution >= 0.6 is 23.5 Å². The number of amides is 1. The van der Waals surface area contributed by atoms with Crippen molar-refractivity contribution in [2.24, 2.45) is 0 Å². The van der Waals surface area contributed by atoms with E-state index in [1.54, 1.807) is 23.5 Å². The Morgan fingerprint density at radius 2 is 2.00 bits per heavy atom. The molecule has 114 valence electrons. The Balaban J connectivity index is 1.62. The molecule has 0 spiro atoms. The Labute approximate surface area is 134 Å². The average Bonchev–Trinajstić information content (AvgIpc) is 3.19. The van der Waals surface area contributed by atoms with Crippen molar-refractivity contribution in [2.45, 2.75) is 36.0 Å². The van der Waals surface area contributed by atoms with Crippen LogP contribution in [0.15, 0.2) is 30.3 Å². The van der Waals surface area contributed by atoms with Crippen molar-refractivity contribution in [1.82, 2.24) is 4.90 Å². The SMILES string of the molecule is O=C(C1SCCS1)N1CCC[C@H]1C[C@H](O)c1ccccc1. The van der Waals surface area contributed by atoms with Crippen LogP contribution in [0.4, 0.5) is 0 Å². The fourth-order valence-electron chi connectivity index (χ4n) is 3.08. The van der Waals surface area contributed by atoms with Crippen LogP contribution < -0.4 is 0 Å². The van der Waals surface area contributed by atoms with Crippen LogP contribution in [0.5, 0.6) is 0 Å². The highest BCUT2D eigenvalue weighted by Gasteiger charge is 2.36. The van der Waals surface area contributed by atoms with Gasteiger partial charge in [0.15, 0.2) is 0 Å². The molecule has 1 aromatic rings. The monoisotopic (exact) mass is 323 g/mol. The molecule has 0 bridgehead atoms. The van der Waals surface area contributed by atoms with Crippen LogP contribution in [-0.4, -0.2) is 44.6 Å². The molecule has 2 saturated heterocycles. The Kier molecular flexibility index (Phi) is 5.14. The highest BCUT2D eigenvalue weighted by molar-refractivity contribution is 8.21. The minimum absolute atomic E-state index is 0.0828. The number of likely N-dealkylation sites (tertiary alicyclic amines) is 1. The molecule has 0 aliphatic carbocycles. The van der Waals surface area contributed by atoms with E-state index in [1.807, 2.05) is 35.2 Å². The average molecular weight is 323 g/mol. The minimum Gasteiger partial charge on any atom is -0.388 e. The summed E-state index contributed by atoms with van der Waals surface area (Å²) in [5.74, 6) is 2.42. The molecule has 2 aliphatic rings. The van der Waals surface area contributed by atoms with E-state index in [-0.39, 0.29) is 16.5 Å². The first kappa shape index (κ1) is 15.3. The van der Waals surface area contributed by atoms with E-state index >= 15 is 0 Å². The molecule has 3 rings (SSSR count). The summed E-state index contributed by atoms with van der Waals surface area (Å²) in [6.07, 6.45) is 2.24. The number of aliphatic hydroxyl groups excluding tert-OH is 1. The van der Waals surface area contributed by atoms with E-state index in [9.17, 15) is 9.90 Å². The maximum absolute atomic E-state index is 12.6. The predicted molar refractivity (Wildman–Crippen MR) is 89.5 cm³/mol. The summed E-state index contributed by atoms with van der Waals surface area (Å²) in [7, 11) is 0. The van der Waals surface area contributed by atoms with Crippen molar-refractivity contribution in [3.8, 4) is 0 Å². The van der Waals surface area contributed by atoms with Gasteiger partial charge in [-0.2, -0.15) is 0 Å². The Hall–Kier alpha value is -0.650. The largest absolute Gasteiger partial charge is 0.388 e. The van der Waals surface area contributed by atoms with Gasteiger partial charge in [0.05, 0.1) is 6.10 Å². The van der Waals surface area contributed by atoms with Gasteiger partial charge >= 0.3 is 0 Å².